The first-order chi connectivity index (χ1) is 14.1. The molecule has 0 heterocycles. The molecule has 2 aromatic rings. The number of carboxylic acids is 1. The molecule has 2 aromatic carbocycles. The number of carbonyl (C=O) groups is 1. The number of aryl methyl sites for hydroxylation is 2. The fraction of sp³-hybridized carbons (Fsp3) is 0.375. The summed E-state index contributed by atoms with van der Waals surface area (Å²) in [6, 6.07) is 8.01. The van der Waals surface area contributed by atoms with Gasteiger partial charge in [-0.15, -0.1) is 0 Å². The molecule has 0 aromatic heterocycles. The van der Waals surface area contributed by atoms with Crippen LogP contribution in [-0.4, -0.2) is 23.6 Å². The predicted molar refractivity (Wildman–Crippen MR) is 110 cm³/mol. The van der Waals surface area contributed by atoms with Crippen molar-refractivity contribution in [1.82, 2.24) is 0 Å². The maximum atomic E-state index is 14.2. The van der Waals surface area contributed by atoms with Gasteiger partial charge >= 0.3 is 5.97 Å². The highest BCUT2D eigenvalue weighted by atomic mass is 19.3. The first-order valence-electron chi connectivity index (χ1n) is 9.86. The highest BCUT2D eigenvalue weighted by molar-refractivity contribution is 5.72. The number of rotatable bonds is 7. The van der Waals surface area contributed by atoms with E-state index in [1.54, 1.807) is 19.1 Å². The van der Waals surface area contributed by atoms with Gasteiger partial charge in [0, 0.05) is 19.3 Å². The third-order valence-corrected chi connectivity index (χ3v) is 5.70. The number of allylic oxidation sites excluding steroid dienone is 1. The lowest BCUT2D eigenvalue weighted by molar-refractivity contribution is -0.136. The molecule has 1 aliphatic rings. The van der Waals surface area contributed by atoms with Crippen LogP contribution in [0.1, 0.15) is 47.1 Å². The van der Waals surface area contributed by atoms with Gasteiger partial charge in [-0.3, -0.25) is 4.79 Å². The molecule has 0 amide bonds. The average Bonchev–Trinajstić information content (AvgIpc) is 2.99. The number of hydrogen-bond donors (Lipinski definition) is 1. The van der Waals surface area contributed by atoms with E-state index in [0.29, 0.717) is 34.4 Å². The summed E-state index contributed by atoms with van der Waals surface area (Å²) in [4.78, 5) is 10.8. The van der Waals surface area contributed by atoms with Crippen molar-refractivity contribution < 1.29 is 27.8 Å². The standard InChI is InChI=1S/C24H25F3O3/c1-14-10-18(4-7-21(14)25)20-12-24(26,27)11-19(20)13-30-22-8-5-17(6-9-23(28)29)15(2)16(22)3/h4-5,7-8,10H,6,9,11-13H2,1-3H3,(H,28,29). The lowest BCUT2D eigenvalue weighted by Gasteiger charge is -2.16. The minimum Gasteiger partial charge on any atom is -0.489 e. The van der Waals surface area contributed by atoms with Gasteiger partial charge in [0.05, 0.1) is 0 Å². The Morgan fingerprint density at radius 1 is 1.10 bits per heavy atom. The van der Waals surface area contributed by atoms with Crippen LogP contribution in [0, 0.1) is 26.6 Å². The molecule has 0 fully saturated rings. The van der Waals surface area contributed by atoms with E-state index in [0.717, 1.165) is 16.7 Å². The van der Waals surface area contributed by atoms with E-state index in [2.05, 4.69) is 0 Å². The van der Waals surface area contributed by atoms with Crippen LogP contribution in [0.25, 0.3) is 5.57 Å². The van der Waals surface area contributed by atoms with Gasteiger partial charge in [-0.25, -0.2) is 13.2 Å². The van der Waals surface area contributed by atoms with Crippen LogP contribution in [0.15, 0.2) is 35.9 Å². The third kappa shape index (κ3) is 4.86. The largest absolute Gasteiger partial charge is 0.489 e. The van der Waals surface area contributed by atoms with Gasteiger partial charge in [0.15, 0.2) is 0 Å². The molecule has 0 aliphatic heterocycles. The molecule has 160 valence electrons. The monoisotopic (exact) mass is 418 g/mol. The van der Waals surface area contributed by atoms with Crippen molar-refractivity contribution in [1.29, 1.82) is 0 Å². The molecule has 0 bridgehead atoms. The smallest absolute Gasteiger partial charge is 0.303 e. The van der Waals surface area contributed by atoms with Gasteiger partial charge in [-0.2, -0.15) is 0 Å². The lowest BCUT2D eigenvalue weighted by Crippen LogP contribution is -2.12. The summed E-state index contributed by atoms with van der Waals surface area (Å²) < 4.78 is 47.8. The first kappa shape index (κ1) is 21.9. The molecule has 0 spiro atoms. The Balaban J connectivity index is 1.82. The van der Waals surface area contributed by atoms with Crippen LogP contribution in [0.3, 0.4) is 0 Å². The van der Waals surface area contributed by atoms with Gasteiger partial charge in [0.1, 0.15) is 18.2 Å². The average molecular weight is 418 g/mol. The second-order valence-electron chi connectivity index (χ2n) is 7.91. The molecule has 3 nitrogen and oxygen atoms in total. The van der Waals surface area contributed by atoms with Gasteiger partial charge < -0.3 is 9.84 Å². The molecular formula is C24H25F3O3. The van der Waals surface area contributed by atoms with Crippen molar-refractivity contribution >= 4 is 11.5 Å². The molecule has 6 heteroatoms. The fourth-order valence-corrected chi connectivity index (χ4v) is 3.83. The zero-order valence-electron chi connectivity index (χ0n) is 17.3. The maximum Gasteiger partial charge on any atom is 0.303 e. The highest BCUT2D eigenvalue weighted by Crippen LogP contribution is 2.44. The summed E-state index contributed by atoms with van der Waals surface area (Å²) in [7, 11) is 0. The van der Waals surface area contributed by atoms with Crippen LogP contribution in [0.2, 0.25) is 0 Å². The van der Waals surface area contributed by atoms with Gasteiger partial charge in [0.25, 0.3) is 5.92 Å². The fourth-order valence-electron chi connectivity index (χ4n) is 3.83. The Morgan fingerprint density at radius 2 is 1.83 bits per heavy atom. The minimum absolute atomic E-state index is 0.0239. The van der Waals surface area contributed by atoms with Crippen LogP contribution >= 0.6 is 0 Å². The molecule has 0 saturated heterocycles. The van der Waals surface area contributed by atoms with Crippen LogP contribution < -0.4 is 4.74 Å². The Kier molecular flexibility index (Phi) is 6.25. The molecule has 1 aliphatic carbocycles. The van der Waals surface area contributed by atoms with E-state index in [-0.39, 0.29) is 31.7 Å². The van der Waals surface area contributed by atoms with E-state index >= 15 is 0 Å². The molecule has 0 radical (unpaired) electrons. The SMILES string of the molecule is Cc1cc(C2=C(COc3ccc(CCC(=O)O)c(C)c3C)CC(F)(F)C2)ccc1F. The molecule has 30 heavy (non-hydrogen) atoms. The Hall–Kier alpha value is -2.76. The van der Waals surface area contributed by atoms with E-state index in [1.165, 1.54) is 12.1 Å². The van der Waals surface area contributed by atoms with E-state index < -0.39 is 11.9 Å². The van der Waals surface area contributed by atoms with Crippen molar-refractivity contribution in [3.05, 3.63) is 69.5 Å². The summed E-state index contributed by atoms with van der Waals surface area (Å²) in [6.07, 6.45) is -0.299. The summed E-state index contributed by atoms with van der Waals surface area (Å²) in [6.45, 7) is 5.41. The lowest BCUT2D eigenvalue weighted by atomic mass is 9.98. The van der Waals surface area contributed by atoms with Crippen LogP contribution in [0.5, 0.6) is 5.75 Å². The number of hydrogen-bond acceptors (Lipinski definition) is 2. The molecule has 0 atom stereocenters. The zero-order chi connectivity index (χ0) is 22.1. The summed E-state index contributed by atoms with van der Waals surface area (Å²) >= 11 is 0. The molecular weight excluding hydrogens is 393 g/mol. The van der Waals surface area contributed by atoms with Gasteiger partial charge in [0.2, 0.25) is 0 Å². The highest BCUT2D eigenvalue weighted by Gasteiger charge is 2.39. The number of alkyl halides is 2. The van der Waals surface area contributed by atoms with E-state index in [1.807, 2.05) is 19.9 Å². The summed E-state index contributed by atoms with van der Waals surface area (Å²) in [5.74, 6) is -3.48. The number of ether oxygens (including phenoxy) is 1. The van der Waals surface area contributed by atoms with Crippen molar-refractivity contribution in [2.45, 2.75) is 52.4 Å². The Morgan fingerprint density at radius 3 is 2.50 bits per heavy atom. The predicted octanol–water partition coefficient (Wildman–Crippen LogP) is 6.03. The van der Waals surface area contributed by atoms with Crippen molar-refractivity contribution in [2.24, 2.45) is 0 Å². The first-order valence-corrected chi connectivity index (χ1v) is 9.86. The normalized spacial score (nSPS) is 15.5. The number of halogens is 3. The quantitative estimate of drug-likeness (QED) is 0.597. The second-order valence-corrected chi connectivity index (χ2v) is 7.91. The third-order valence-electron chi connectivity index (χ3n) is 5.70. The molecule has 3 rings (SSSR count). The number of benzene rings is 2. The maximum absolute atomic E-state index is 14.2. The second kappa shape index (κ2) is 8.54. The van der Waals surface area contributed by atoms with E-state index in [9.17, 15) is 18.0 Å². The zero-order valence-corrected chi connectivity index (χ0v) is 17.3. The summed E-state index contributed by atoms with van der Waals surface area (Å²) in [5.41, 5.74) is 4.77. The summed E-state index contributed by atoms with van der Waals surface area (Å²) in [5, 5.41) is 8.88. The minimum atomic E-state index is -2.85. The number of aliphatic carboxylic acids is 1. The Bertz CT molecular complexity index is 1010. The van der Waals surface area contributed by atoms with Crippen molar-refractivity contribution in [3.63, 3.8) is 0 Å². The topological polar surface area (TPSA) is 46.5 Å². The van der Waals surface area contributed by atoms with Crippen molar-refractivity contribution in [3.8, 4) is 5.75 Å². The van der Waals surface area contributed by atoms with E-state index in [4.69, 9.17) is 9.84 Å². The number of carboxylic acid groups (broad SMARTS) is 1. The van der Waals surface area contributed by atoms with Gasteiger partial charge in [-0.05, 0) is 84.4 Å². The van der Waals surface area contributed by atoms with Crippen molar-refractivity contribution in [2.75, 3.05) is 6.61 Å². The van der Waals surface area contributed by atoms with Crippen LogP contribution in [-0.2, 0) is 11.2 Å². The molecule has 0 unspecified atom stereocenters. The van der Waals surface area contributed by atoms with Gasteiger partial charge in [-0.1, -0.05) is 12.1 Å². The molecule has 0 saturated carbocycles. The Labute approximate surface area is 174 Å². The van der Waals surface area contributed by atoms with Crippen LogP contribution in [0.4, 0.5) is 13.2 Å². The molecule has 1 N–H and O–H groups in total.